The molecule has 0 radical (unpaired) electrons. The molecule has 34 heavy (non-hydrogen) atoms. The SMILES string of the molecule is C[C@]1(O)C[C@@H](O)CN(C(=O)c2ccc(OCCCN)cc2)C[C@@H]1n1cnc2c(N)nc(N)nc21. The molecule has 3 heterocycles. The van der Waals surface area contributed by atoms with Crippen LogP contribution >= 0.6 is 0 Å². The number of imidazole rings is 1. The van der Waals surface area contributed by atoms with Crippen LogP contribution in [0.25, 0.3) is 11.2 Å². The number of benzene rings is 1. The average Bonchev–Trinajstić information content (AvgIpc) is 3.14. The van der Waals surface area contributed by atoms with Crippen molar-refractivity contribution in [3.05, 3.63) is 36.2 Å². The van der Waals surface area contributed by atoms with Gasteiger partial charge in [-0.1, -0.05) is 0 Å². The first-order chi connectivity index (χ1) is 16.2. The predicted molar refractivity (Wildman–Crippen MR) is 126 cm³/mol. The van der Waals surface area contributed by atoms with E-state index < -0.39 is 17.7 Å². The van der Waals surface area contributed by atoms with Crippen molar-refractivity contribution in [1.82, 2.24) is 24.4 Å². The van der Waals surface area contributed by atoms with Crippen molar-refractivity contribution in [1.29, 1.82) is 0 Å². The molecule has 12 nitrogen and oxygen atoms in total. The minimum atomic E-state index is -1.38. The van der Waals surface area contributed by atoms with E-state index in [1.54, 1.807) is 35.8 Å². The van der Waals surface area contributed by atoms with Crippen LogP contribution in [-0.4, -0.2) is 78.5 Å². The van der Waals surface area contributed by atoms with Gasteiger partial charge in [0.2, 0.25) is 5.95 Å². The van der Waals surface area contributed by atoms with Crippen LogP contribution in [-0.2, 0) is 0 Å². The first-order valence-corrected chi connectivity index (χ1v) is 11.1. The highest BCUT2D eigenvalue weighted by molar-refractivity contribution is 5.94. The molecule has 2 aromatic heterocycles. The maximum absolute atomic E-state index is 13.4. The van der Waals surface area contributed by atoms with Gasteiger partial charge in [0.25, 0.3) is 5.91 Å². The van der Waals surface area contributed by atoms with Gasteiger partial charge >= 0.3 is 0 Å². The maximum atomic E-state index is 13.4. The second-order valence-corrected chi connectivity index (χ2v) is 8.75. The highest BCUT2D eigenvalue weighted by Gasteiger charge is 2.42. The fourth-order valence-corrected chi connectivity index (χ4v) is 4.30. The molecule has 1 fully saturated rings. The number of rotatable bonds is 6. The van der Waals surface area contributed by atoms with Crippen LogP contribution in [0.15, 0.2) is 30.6 Å². The minimum absolute atomic E-state index is 0.0262. The van der Waals surface area contributed by atoms with Crippen molar-refractivity contribution in [2.75, 3.05) is 37.7 Å². The summed E-state index contributed by atoms with van der Waals surface area (Å²) in [5.74, 6) is 0.452. The number of β-amino-alcohol motifs (C(OH)–C–C–N with tert-alkyl or cyclic N) is 1. The number of fused-ring (bicyclic) bond motifs is 1. The number of anilines is 2. The zero-order valence-electron chi connectivity index (χ0n) is 19.0. The summed E-state index contributed by atoms with van der Waals surface area (Å²) in [6.45, 7) is 2.81. The van der Waals surface area contributed by atoms with Crippen LogP contribution in [0.5, 0.6) is 5.75 Å². The van der Waals surface area contributed by atoms with E-state index in [1.807, 2.05) is 0 Å². The number of nitrogen functional groups attached to an aromatic ring is 2. The Hall–Kier alpha value is -3.48. The van der Waals surface area contributed by atoms with Gasteiger partial charge < -0.3 is 41.6 Å². The Balaban J connectivity index is 1.63. The summed E-state index contributed by atoms with van der Waals surface area (Å²) in [5, 5.41) is 21.9. The lowest BCUT2D eigenvalue weighted by atomic mass is 9.91. The number of hydrogen-bond acceptors (Lipinski definition) is 10. The molecular formula is C22H30N8O4. The van der Waals surface area contributed by atoms with Crippen molar-refractivity contribution in [3.8, 4) is 5.75 Å². The number of amides is 1. The topological polar surface area (TPSA) is 192 Å². The average molecular weight is 471 g/mol. The van der Waals surface area contributed by atoms with Crippen LogP contribution in [0.2, 0.25) is 0 Å². The number of hydrogen-bond donors (Lipinski definition) is 5. The second-order valence-electron chi connectivity index (χ2n) is 8.75. The van der Waals surface area contributed by atoms with E-state index in [9.17, 15) is 15.0 Å². The molecule has 1 aromatic carbocycles. The standard InChI is InChI=1S/C22H30N8O4/c1-22(33)9-14(31)10-29(20(32)13-3-5-15(6-4-13)34-8-2-7-23)11-16(22)30-12-26-17-18(24)27-21(25)28-19(17)30/h3-6,12,14,16,31,33H,2,7-11,23H2,1H3,(H4,24,25,27,28)/t14-,16+,22+/m1/s1. The molecule has 0 saturated carbocycles. The molecule has 0 spiro atoms. The summed E-state index contributed by atoms with van der Waals surface area (Å²) in [7, 11) is 0. The van der Waals surface area contributed by atoms with E-state index in [-0.39, 0.29) is 37.2 Å². The molecule has 3 aromatic rings. The number of nitrogens with zero attached hydrogens (tertiary/aromatic N) is 5. The molecule has 3 atom stereocenters. The van der Waals surface area contributed by atoms with Crippen molar-refractivity contribution >= 4 is 28.8 Å². The molecule has 1 aliphatic heterocycles. The highest BCUT2D eigenvalue weighted by atomic mass is 16.5. The molecule has 1 saturated heterocycles. The van der Waals surface area contributed by atoms with Crippen molar-refractivity contribution in [2.45, 2.75) is 37.5 Å². The zero-order valence-corrected chi connectivity index (χ0v) is 19.0. The first kappa shape index (κ1) is 23.7. The molecule has 4 rings (SSSR count). The number of nitrogens with two attached hydrogens (primary N) is 3. The summed E-state index contributed by atoms with van der Waals surface area (Å²) in [6.07, 6.45) is 1.34. The van der Waals surface area contributed by atoms with Gasteiger partial charge in [-0.05, 0) is 44.2 Å². The summed E-state index contributed by atoms with van der Waals surface area (Å²) < 4.78 is 7.23. The van der Waals surface area contributed by atoms with Gasteiger partial charge in [0.05, 0.1) is 30.7 Å². The van der Waals surface area contributed by atoms with Crippen molar-refractivity contribution < 1.29 is 19.7 Å². The van der Waals surface area contributed by atoms with Gasteiger partial charge in [0.1, 0.15) is 11.3 Å². The van der Waals surface area contributed by atoms with Crippen LogP contribution in [0.3, 0.4) is 0 Å². The van der Waals surface area contributed by atoms with Gasteiger partial charge in [-0.25, -0.2) is 4.98 Å². The molecule has 0 unspecified atom stereocenters. The summed E-state index contributed by atoms with van der Waals surface area (Å²) in [4.78, 5) is 27.3. The lowest BCUT2D eigenvalue weighted by Gasteiger charge is -2.34. The van der Waals surface area contributed by atoms with Crippen LogP contribution in [0, 0.1) is 0 Å². The lowest BCUT2D eigenvalue weighted by molar-refractivity contribution is -0.0217. The molecule has 12 heteroatoms. The minimum Gasteiger partial charge on any atom is -0.494 e. The summed E-state index contributed by atoms with van der Waals surface area (Å²) in [6, 6.07) is 6.11. The Kier molecular flexibility index (Phi) is 6.55. The van der Waals surface area contributed by atoms with E-state index in [0.29, 0.717) is 35.6 Å². The van der Waals surface area contributed by atoms with Gasteiger partial charge in [-0.3, -0.25) is 4.79 Å². The maximum Gasteiger partial charge on any atom is 0.254 e. The quantitative estimate of drug-likeness (QED) is 0.304. The smallest absolute Gasteiger partial charge is 0.254 e. The number of ether oxygens (including phenoxy) is 1. The number of aromatic nitrogens is 4. The van der Waals surface area contributed by atoms with E-state index in [2.05, 4.69) is 15.0 Å². The zero-order chi connectivity index (χ0) is 24.5. The molecular weight excluding hydrogens is 440 g/mol. The first-order valence-electron chi connectivity index (χ1n) is 11.1. The Morgan fingerprint density at radius 1 is 1.24 bits per heavy atom. The number of likely N-dealkylation sites (tertiary alicyclic amines) is 1. The fraction of sp³-hybridized carbons (Fsp3) is 0.455. The molecule has 182 valence electrons. The third-order valence-corrected chi connectivity index (χ3v) is 6.00. The Morgan fingerprint density at radius 3 is 2.68 bits per heavy atom. The third-order valence-electron chi connectivity index (χ3n) is 6.00. The summed E-state index contributed by atoms with van der Waals surface area (Å²) in [5.41, 5.74) is 16.9. The number of aliphatic hydroxyl groups excluding tert-OH is 1. The molecule has 0 bridgehead atoms. The van der Waals surface area contributed by atoms with E-state index >= 15 is 0 Å². The Morgan fingerprint density at radius 2 is 1.97 bits per heavy atom. The number of carbonyl (C=O) groups excluding carboxylic acids is 1. The highest BCUT2D eigenvalue weighted by Crippen LogP contribution is 2.34. The number of carbonyl (C=O) groups is 1. The van der Waals surface area contributed by atoms with Crippen LogP contribution < -0.4 is 21.9 Å². The largest absolute Gasteiger partial charge is 0.494 e. The summed E-state index contributed by atoms with van der Waals surface area (Å²) >= 11 is 0. The van der Waals surface area contributed by atoms with Crippen molar-refractivity contribution in [2.24, 2.45) is 5.73 Å². The third kappa shape index (κ3) is 4.74. The van der Waals surface area contributed by atoms with Gasteiger partial charge in [0, 0.05) is 25.1 Å². The normalized spacial score (nSPS) is 23.1. The van der Waals surface area contributed by atoms with Crippen molar-refractivity contribution in [3.63, 3.8) is 0 Å². The fourth-order valence-electron chi connectivity index (χ4n) is 4.30. The monoisotopic (exact) mass is 470 g/mol. The van der Waals surface area contributed by atoms with Gasteiger partial charge in [-0.15, -0.1) is 0 Å². The molecule has 1 aliphatic rings. The van der Waals surface area contributed by atoms with E-state index in [1.165, 1.54) is 11.2 Å². The van der Waals surface area contributed by atoms with Crippen LogP contribution in [0.4, 0.5) is 11.8 Å². The Labute approximate surface area is 196 Å². The molecule has 0 aliphatic carbocycles. The van der Waals surface area contributed by atoms with E-state index in [0.717, 1.165) is 6.42 Å². The van der Waals surface area contributed by atoms with Gasteiger partial charge in [-0.2, -0.15) is 9.97 Å². The molecule has 1 amide bonds. The predicted octanol–water partition coefficient (Wildman–Crippen LogP) is -0.0826. The lowest BCUT2D eigenvalue weighted by Crippen LogP contribution is -2.42. The molecule has 8 N–H and O–H groups in total. The Bertz CT molecular complexity index is 1160. The van der Waals surface area contributed by atoms with Crippen LogP contribution in [0.1, 0.15) is 36.2 Å². The second kappa shape index (κ2) is 9.41. The van der Waals surface area contributed by atoms with E-state index in [4.69, 9.17) is 21.9 Å². The van der Waals surface area contributed by atoms with Gasteiger partial charge in [0.15, 0.2) is 11.5 Å². The number of aliphatic hydroxyl groups is 2.